The summed E-state index contributed by atoms with van der Waals surface area (Å²) in [7, 11) is 0. The van der Waals surface area contributed by atoms with E-state index in [9.17, 15) is 9.59 Å². The van der Waals surface area contributed by atoms with Crippen LogP contribution in [-0.2, 0) is 15.0 Å². The Hall–Kier alpha value is -2.24. The third kappa shape index (κ3) is 3.17. The number of fused-ring (bicyclic) bond motifs is 1. The fraction of sp³-hybridized carbons (Fsp3) is 0.579. The van der Waals surface area contributed by atoms with E-state index in [1.54, 1.807) is 0 Å². The number of rotatable bonds is 4. The molecule has 134 valence electrons. The molecule has 0 aromatic heterocycles. The second kappa shape index (κ2) is 6.58. The van der Waals surface area contributed by atoms with Crippen molar-refractivity contribution in [2.45, 2.75) is 56.4 Å². The van der Waals surface area contributed by atoms with E-state index in [1.165, 1.54) is 12.0 Å². The van der Waals surface area contributed by atoms with Crippen LogP contribution in [0.15, 0.2) is 18.2 Å². The molecular weight excluding hydrogens is 320 g/mol. The lowest BCUT2D eigenvalue weighted by atomic mass is 9.69. The van der Waals surface area contributed by atoms with Crippen LogP contribution in [0.4, 0.5) is 0 Å². The van der Waals surface area contributed by atoms with E-state index in [1.807, 2.05) is 6.07 Å². The topological polar surface area (TPSA) is 76.7 Å². The van der Waals surface area contributed by atoms with Crippen LogP contribution in [-0.4, -0.2) is 31.2 Å². The molecule has 2 amide bonds. The molecule has 1 aliphatic carbocycles. The van der Waals surface area contributed by atoms with Crippen molar-refractivity contribution in [3.05, 3.63) is 23.8 Å². The minimum absolute atomic E-state index is 0.0386. The molecule has 1 aromatic rings. The zero-order valence-corrected chi connectivity index (χ0v) is 14.3. The Kier molecular flexibility index (Phi) is 4.27. The standard InChI is InChI=1S/C19H24N2O4/c22-17-7-5-14(21-17)18(23)20-11-19(8-2-1-3-9-19)13-4-6-15-16(10-13)25-12-24-15/h4,6,10,14H,1-3,5,7-9,11-12H2,(H,20,23)(H,21,22)/t14-/m1/s1. The van der Waals surface area contributed by atoms with Crippen LogP contribution in [0.1, 0.15) is 50.5 Å². The monoisotopic (exact) mass is 344 g/mol. The normalized spacial score (nSPS) is 24.0. The van der Waals surface area contributed by atoms with Crippen LogP contribution in [0.25, 0.3) is 0 Å². The van der Waals surface area contributed by atoms with Gasteiger partial charge < -0.3 is 20.1 Å². The van der Waals surface area contributed by atoms with Gasteiger partial charge in [-0.05, 0) is 37.0 Å². The summed E-state index contributed by atoms with van der Waals surface area (Å²) < 4.78 is 11.0. The van der Waals surface area contributed by atoms with Crippen molar-refractivity contribution in [1.29, 1.82) is 0 Å². The number of hydrogen-bond acceptors (Lipinski definition) is 4. The molecule has 4 rings (SSSR count). The van der Waals surface area contributed by atoms with Crippen molar-refractivity contribution < 1.29 is 19.1 Å². The third-order valence-electron chi connectivity index (χ3n) is 5.71. The van der Waals surface area contributed by atoms with Crippen molar-refractivity contribution >= 4 is 11.8 Å². The Balaban J connectivity index is 1.51. The summed E-state index contributed by atoms with van der Waals surface area (Å²) in [6.07, 6.45) is 6.66. The predicted molar refractivity (Wildman–Crippen MR) is 91.5 cm³/mol. The number of carbonyl (C=O) groups excluding carboxylic acids is 2. The second-order valence-electron chi connectivity index (χ2n) is 7.29. The molecule has 0 unspecified atom stereocenters. The van der Waals surface area contributed by atoms with E-state index in [-0.39, 0.29) is 30.1 Å². The van der Waals surface area contributed by atoms with Gasteiger partial charge in [0.05, 0.1) is 0 Å². The van der Waals surface area contributed by atoms with Gasteiger partial charge in [-0.1, -0.05) is 25.3 Å². The minimum atomic E-state index is -0.384. The van der Waals surface area contributed by atoms with Gasteiger partial charge in [-0.2, -0.15) is 0 Å². The van der Waals surface area contributed by atoms with E-state index in [4.69, 9.17) is 9.47 Å². The highest BCUT2D eigenvalue weighted by Gasteiger charge is 2.36. The van der Waals surface area contributed by atoms with Crippen LogP contribution in [0.3, 0.4) is 0 Å². The molecule has 2 N–H and O–H groups in total. The van der Waals surface area contributed by atoms with Gasteiger partial charge >= 0.3 is 0 Å². The first-order valence-corrected chi connectivity index (χ1v) is 9.14. The maximum absolute atomic E-state index is 12.4. The molecule has 25 heavy (non-hydrogen) atoms. The first kappa shape index (κ1) is 16.2. The fourth-order valence-electron chi connectivity index (χ4n) is 4.21. The molecule has 1 saturated heterocycles. The molecule has 1 atom stereocenters. The highest BCUT2D eigenvalue weighted by atomic mass is 16.7. The van der Waals surface area contributed by atoms with E-state index >= 15 is 0 Å². The summed E-state index contributed by atoms with van der Waals surface area (Å²) in [6.45, 7) is 0.863. The average molecular weight is 344 g/mol. The fourth-order valence-corrected chi connectivity index (χ4v) is 4.21. The molecule has 2 heterocycles. The number of benzene rings is 1. The van der Waals surface area contributed by atoms with Crippen LogP contribution in [0.5, 0.6) is 11.5 Å². The molecule has 1 aromatic carbocycles. The zero-order chi connectivity index (χ0) is 17.3. The van der Waals surface area contributed by atoms with E-state index < -0.39 is 0 Å². The Morgan fingerprint density at radius 1 is 1.20 bits per heavy atom. The van der Waals surface area contributed by atoms with E-state index in [2.05, 4.69) is 22.8 Å². The van der Waals surface area contributed by atoms with Crippen molar-refractivity contribution in [3.8, 4) is 11.5 Å². The van der Waals surface area contributed by atoms with Gasteiger partial charge in [-0.15, -0.1) is 0 Å². The van der Waals surface area contributed by atoms with Crippen molar-refractivity contribution in [2.75, 3.05) is 13.3 Å². The van der Waals surface area contributed by atoms with Gasteiger partial charge in [0.25, 0.3) is 0 Å². The quantitative estimate of drug-likeness (QED) is 0.876. The molecular formula is C19H24N2O4. The molecule has 3 aliphatic rings. The predicted octanol–water partition coefficient (Wildman–Crippen LogP) is 2.01. The van der Waals surface area contributed by atoms with Gasteiger partial charge in [-0.25, -0.2) is 0 Å². The van der Waals surface area contributed by atoms with Crippen molar-refractivity contribution in [2.24, 2.45) is 0 Å². The van der Waals surface area contributed by atoms with Gasteiger partial charge in [0.1, 0.15) is 6.04 Å². The van der Waals surface area contributed by atoms with Gasteiger partial charge in [0.15, 0.2) is 11.5 Å². The number of ether oxygens (including phenoxy) is 2. The molecule has 0 bridgehead atoms. The highest BCUT2D eigenvalue weighted by Crippen LogP contribution is 2.43. The van der Waals surface area contributed by atoms with E-state index in [0.29, 0.717) is 19.4 Å². The summed E-state index contributed by atoms with van der Waals surface area (Å²) >= 11 is 0. The van der Waals surface area contributed by atoms with Crippen LogP contribution < -0.4 is 20.1 Å². The van der Waals surface area contributed by atoms with Crippen molar-refractivity contribution in [1.82, 2.24) is 10.6 Å². The first-order chi connectivity index (χ1) is 12.2. The van der Waals surface area contributed by atoms with Crippen LogP contribution >= 0.6 is 0 Å². The molecule has 6 nitrogen and oxygen atoms in total. The molecule has 2 aliphatic heterocycles. The SMILES string of the molecule is O=C1CC[C@H](C(=O)NCC2(c3ccc4c(c3)OCO4)CCCCC2)N1. The van der Waals surface area contributed by atoms with Gasteiger partial charge in [0, 0.05) is 18.4 Å². The lowest BCUT2D eigenvalue weighted by molar-refractivity contribution is -0.126. The summed E-state index contributed by atoms with van der Waals surface area (Å²) in [5.41, 5.74) is 1.13. The number of carbonyl (C=O) groups is 2. The third-order valence-corrected chi connectivity index (χ3v) is 5.71. The second-order valence-corrected chi connectivity index (χ2v) is 7.29. The Labute approximate surface area is 147 Å². The number of hydrogen-bond donors (Lipinski definition) is 2. The summed E-state index contributed by atoms with van der Waals surface area (Å²) in [6, 6.07) is 5.75. The average Bonchev–Trinajstić information content (AvgIpc) is 3.28. The number of nitrogens with one attached hydrogen (secondary N) is 2. The Morgan fingerprint density at radius 3 is 2.76 bits per heavy atom. The maximum atomic E-state index is 12.4. The Morgan fingerprint density at radius 2 is 2.00 bits per heavy atom. The molecule has 6 heteroatoms. The minimum Gasteiger partial charge on any atom is -0.454 e. The van der Waals surface area contributed by atoms with E-state index in [0.717, 1.165) is 37.2 Å². The van der Waals surface area contributed by atoms with Crippen LogP contribution in [0.2, 0.25) is 0 Å². The summed E-state index contributed by atoms with van der Waals surface area (Å²) in [5.74, 6) is 1.46. The van der Waals surface area contributed by atoms with Gasteiger partial charge in [0.2, 0.25) is 18.6 Å². The smallest absolute Gasteiger partial charge is 0.242 e. The van der Waals surface area contributed by atoms with Crippen LogP contribution in [0, 0.1) is 0 Å². The zero-order valence-electron chi connectivity index (χ0n) is 14.3. The summed E-state index contributed by atoms with van der Waals surface area (Å²) in [4.78, 5) is 23.8. The van der Waals surface area contributed by atoms with Gasteiger partial charge in [-0.3, -0.25) is 9.59 Å². The number of amides is 2. The lowest BCUT2D eigenvalue weighted by Crippen LogP contribution is -2.48. The molecule has 1 saturated carbocycles. The molecule has 0 radical (unpaired) electrons. The lowest BCUT2D eigenvalue weighted by Gasteiger charge is -2.38. The van der Waals surface area contributed by atoms with Crippen molar-refractivity contribution in [3.63, 3.8) is 0 Å². The summed E-state index contributed by atoms with van der Waals surface area (Å²) in [5, 5.41) is 5.84. The Bertz CT molecular complexity index is 682. The maximum Gasteiger partial charge on any atom is 0.242 e. The largest absolute Gasteiger partial charge is 0.454 e. The first-order valence-electron chi connectivity index (χ1n) is 9.14. The molecule has 0 spiro atoms. The molecule has 2 fully saturated rings. The highest BCUT2D eigenvalue weighted by molar-refractivity contribution is 5.90.